The summed E-state index contributed by atoms with van der Waals surface area (Å²) in [6.07, 6.45) is 0.538. The van der Waals surface area contributed by atoms with Crippen molar-refractivity contribution < 1.29 is 24.6 Å². The van der Waals surface area contributed by atoms with Crippen molar-refractivity contribution in [2.45, 2.75) is 25.6 Å². The van der Waals surface area contributed by atoms with Gasteiger partial charge in [-0.3, -0.25) is 14.4 Å². The van der Waals surface area contributed by atoms with E-state index in [2.05, 4.69) is 5.32 Å². The number of carboxylic acids is 2. The van der Waals surface area contributed by atoms with Gasteiger partial charge in [0, 0.05) is 0 Å². The summed E-state index contributed by atoms with van der Waals surface area (Å²) in [4.78, 5) is 32.2. The first-order chi connectivity index (χ1) is 7.38. The Hall–Kier alpha value is -1.24. The van der Waals surface area contributed by atoms with Gasteiger partial charge in [0.15, 0.2) is 0 Å². The van der Waals surface area contributed by atoms with Gasteiger partial charge >= 0.3 is 11.9 Å². The Labute approximate surface area is 97.4 Å². The first-order valence-electron chi connectivity index (χ1n) is 4.75. The minimum atomic E-state index is -1.20. The van der Waals surface area contributed by atoms with Gasteiger partial charge in [-0.25, -0.2) is 0 Å². The summed E-state index contributed by atoms with van der Waals surface area (Å²) < 4.78 is 0. The summed E-state index contributed by atoms with van der Waals surface area (Å²) >= 11 is 1.06. The summed E-state index contributed by atoms with van der Waals surface area (Å²) in [7, 11) is 0. The molecule has 0 aromatic rings. The largest absolute Gasteiger partial charge is 0.481 e. The van der Waals surface area contributed by atoms with Crippen molar-refractivity contribution in [2.24, 2.45) is 5.92 Å². The van der Waals surface area contributed by atoms with Crippen LogP contribution in [0, 0.1) is 5.92 Å². The molecule has 0 heterocycles. The van der Waals surface area contributed by atoms with Crippen LogP contribution in [0.15, 0.2) is 0 Å². The van der Waals surface area contributed by atoms with Crippen LogP contribution in [-0.2, 0) is 14.4 Å². The summed E-state index contributed by atoms with van der Waals surface area (Å²) in [6.45, 7) is 3.07. The van der Waals surface area contributed by atoms with Crippen LogP contribution in [0.25, 0.3) is 0 Å². The molecule has 0 saturated heterocycles. The lowest BCUT2D eigenvalue weighted by molar-refractivity contribution is -0.146. The Kier molecular flexibility index (Phi) is 6.55. The highest BCUT2D eigenvalue weighted by Gasteiger charge is 2.22. The Bertz CT molecular complexity index is 281. The van der Waals surface area contributed by atoms with Crippen molar-refractivity contribution in [1.29, 1.82) is 0 Å². The van der Waals surface area contributed by atoms with Gasteiger partial charge < -0.3 is 15.5 Å². The van der Waals surface area contributed by atoms with Crippen molar-refractivity contribution in [2.75, 3.05) is 5.75 Å². The highest BCUT2D eigenvalue weighted by molar-refractivity contribution is 8.00. The van der Waals surface area contributed by atoms with Crippen molar-refractivity contribution in [1.82, 2.24) is 5.32 Å². The van der Waals surface area contributed by atoms with Gasteiger partial charge in [0.2, 0.25) is 5.91 Å². The first kappa shape index (κ1) is 14.8. The molecule has 6 nitrogen and oxygen atoms in total. The topological polar surface area (TPSA) is 104 Å². The lowest BCUT2D eigenvalue weighted by Gasteiger charge is -2.17. The lowest BCUT2D eigenvalue weighted by Crippen LogP contribution is -2.39. The average molecular weight is 249 g/mol. The van der Waals surface area contributed by atoms with E-state index >= 15 is 0 Å². The third-order valence-corrected chi connectivity index (χ3v) is 3.11. The van der Waals surface area contributed by atoms with Crippen LogP contribution in [0.1, 0.15) is 20.3 Å². The Balaban J connectivity index is 4.16. The maximum atomic E-state index is 11.3. The van der Waals surface area contributed by atoms with E-state index in [0.29, 0.717) is 6.42 Å². The number of hydrogen-bond acceptors (Lipinski definition) is 4. The van der Waals surface area contributed by atoms with E-state index in [1.165, 1.54) is 6.92 Å². The molecule has 7 heteroatoms. The second kappa shape index (κ2) is 7.10. The standard InChI is InChI=1S/C9H15NO5S/c1-3-6(16-4-7(11)12)10-8(13)5(2)9(14)15/h5-6H,3-4H2,1-2H3,(H,10,13)(H,11,12)(H,14,15). The molecule has 0 spiro atoms. The minimum Gasteiger partial charge on any atom is -0.481 e. The monoisotopic (exact) mass is 249 g/mol. The number of carbonyl (C=O) groups excluding carboxylic acids is 1. The van der Waals surface area contributed by atoms with Crippen LogP contribution in [0.3, 0.4) is 0 Å². The summed E-state index contributed by atoms with van der Waals surface area (Å²) in [5.74, 6) is -4.02. The van der Waals surface area contributed by atoms with Gasteiger partial charge in [-0.1, -0.05) is 6.92 Å². The van der Waals surface area contributed by atoms with Gasteiger partial charge in [0.1, 0.15) is 5.92 Å². The van der Waals surface area contributed by atoms with Crippen LogP contribution in [0.4, 0.5) is 0 Å². The van der Waals surface area contributed by atoms with E-state index in [1.807, 2.05) is 0 Å². The zero-order chi connectivity index (χ0) is 12.7. The van der Waals surface area contributed by atoms with E-state index in [4.69, 9.17) is 10.2 Å². The van der Waals surface area contributed by atoms with Crippen LogP contribution >= 0.6 is 11.8 Å². The number of thioether (sulfide) groups is 1. The molecule has 0 fully saturated rings. The van der Waals surface area contributed by atoms with Crippen LogP contribution < -0.4 is 5.32 Å². The smallest absolute Gasteiger partial charge is 0.315 e. The highest BCUT2D eigenvalue weighted by atomic mass is 32.2. The summed E-state index contributed by atoms with van der Waals surface area (Å²) in [5, 5.41) is 19.2. The molecule has 0 rings (SSSR count). The summed E-state index contributed by atoms with van der Waals surface area (Å²) in [5.41, 5.74) is 0. The fourth-order valence-corrected chi connectivity index (χ4v) is 1.61. The SMILES string of the molecule is CCC(NC(=O)C(C)C(=O)O)SCC(=O)O. The molecular formula is C9H15NO5S. The molecule has 16 heavy (non-hydrogen) atoms. The third kappa shape index (κ3) is 5.59. The number of amides is 1. The minimum absolute atomic E-state index is 0.125. The van der Waals surface area contributed by atoms with Crippen LogP contribution in [0.5, 0.6) is 0 Å². The predicted octanol–water partition coefficient (Wildman–Crippen LogP) is 0.377. The van der Waals surface area contributed by atoms with Crippen molar-refractivity contribution in [3.8, 4) is 0 Å². The zero-order valence-electron chi connectivity index (χ0n) is 9.10. The van der Waals surface area contributed by atoms with E-state index in [-0.39, 0.29) is 11.1 Å². The first-order valence-corrected chi connectivity index (χ1v) is 5.80. The van der Waals surface area contributed by atoms with Crippen molar-refractivity contribution in [3.63, 3.8) is 0 Å². The Morgan fingerprint density at radius 3 is 2.25 bits per heavy atom. The number of nitrogens with one attached hydrogen (secondary N) is 1. The van der Waals surface area contributed by atoms with Gasteiger partial charge in [0.05, 0.1) is 11.1 Å². The molecule has 2 atom stereocenters. The second-order valence-corrected chi connectivity index (χ2v) is 4.36. The highest BCUT2D eigenvalue weighted by Crippen LogP contribution is 2.12. The molecule has 92 valence electrons. The van der Waals surface area contributed by atoms with E-state index in [9.17, 15) is 14.4 Å². The number of rotatable bonds is 7. The van der Waals surface area contributed by atoms with Gasteiger partial charge in [-0.05, 0) is 13.3 Å². The number of carbonyl (C=O) groups is 3. The molecule has 0 aromatic carbocycles. The summed E-state index contributed by atoms with van der Waals surface area (Å²) in [6, 6.07) is 0. The predicted molar refractivity (Wildman–Crippen MR) is 59.1 cm³/mol. The molecule has 0 aliphatic rings. The van der Waals surface area contributed by atoms with Crippen molar-refractivity contribution >= 4 is 29.6 Å². The second-order valence-electron chi connectivity index (χ2n) is 3.17. The fraction of sp³-hybridized carbons (Fsp3) is 0.667. The van der Waals surface area contributed by atoms with Crippen LogP contribution in [-0.4, -0.2) is 39.2 Å². The normalized spacial score (nSPS) is 13.9. The zero-order valence-corrected chi connectivity index (χ0v) is 9.91. The molecule has 0 radical (unpaired) electrons. The van der Waals surface area contributed by atoms with E-state index in [0.717, 1.165) is 11.8 Å². The third-order valence-electron chi connectivity index (χ3n) is 1.85. The van der Waals surface area contributed by atoms with Gasteiger partial charge in [-0.2, -0.15) is 0 Å². The van der Waals surface area contributed by atoms with E-state index < -0.39 is 23.8 Å². The Morgan fingerprint density at radius 2 is 1.88 bits per heavy atom. The van der Waals surface area contributed by atoms with Gasteiger partial charge in [0.25, 0.3) is 0 Å². The molecule has 3 N–H and O–H groups in total. The number of hydrogen-bond donors (Lipinski definition) is 3. The average Bonchev–Trinajstić information content (AvgIpc) is 2.22. The quantitative estimate of drug-likeness (QED) is 0.445. The molecular weight excluding hydrogens is 234 g/mol. The molecule has 0 aliphatic carbocycles. The van der Waals surface area contributed by atoms with Gasteiger partial charge in [-0.15, -0.1) is 11.8 Å². The maximum Gasteiger partial charge on any atom is 0.315 e. The molecule has 1 amide bonds. The fourth-order valence-electron chi connectivity index (χ4n) is 0.829. The molecule has 2 unspecified atom stereocenters. The van der Waals surface area contributed by atoms with E-state index in [1.54, 1.807) is 6.92 Å². The number of aliphatic carboxylic acids is 2. The molecule has 0 bridgehead atoms. The van der Waals surface area contributed by atoms with Crippen molar-refractivity contribution in [3.05, 3.63) is 0 Å². The Morgan fingerprint density at radius 1 is 1.31 bits per heavy atom. The number of carboxylic acid groups (broad SMARTS) is 2. The maximum absolute atomic E-state index is 11.3. The van der Waals surface area contributed by atoms with Crippen LogP contribution in [0.2, 0.25) is 0 Å². The molecule has 0 aromatic heterocycles. The molecule has 0 saturated carbocycles. The lowest BCUT2D eigenvalue weighted by atomic mass is 10.2. The molecule has 0 aliphatic heterocycles.